The van der Waals surface area contributed by atoms with Gasteiger partial charge in [0.25, 0.3) is 0 Å². The molecule has 1 atom stereocenters. The molecule has 8 heteroatoms. The van der Waals surface area contributed by atoms with E-state index in [4.69, 9.17) is 5.73 Å². The molecule has 0 aliphatic carbocycles. The molecule has 0 saturated carbocycles. The van der Waals surface area contributed by atoms with E-state index in [-0.39, 0.29) is 29.7 Å². The van der Waals surface area contributed by atoms with Crippen LogP contribution >= 0.6 is 0 Å². The third kappa shape index (κ3) is 5.63. The lowest BCUT2D eigenvalue weighted by atomic mass is 9.95. The van der Waals surface area contributed by atoms with E-state index < -0.39 is 0 Å². The zero-order valence-electron chi connectivity index (χ0n) is 18.7. The number of hydrogen-bond acceptors (Lipinski definition) is 4. The zero-order chi connectivity index (χ0) is 23.2. The first kappa shape index (κ1) is 22.6. The van der Waals surface area contributed by atoms with Gasteiger partial charge in [-0.15, -0.1) is 0 Å². The number of primary amides is 1. The number of urea groups is 1. The van der Waals surface area contributed by atoms with Crippen LogP contribution in [0.1, 0.15) is 25.7 Å². The Hall–Kier alpha value is -3.55. The van der Waals surface area contributed by atoms with Gasteiger partial charge in [-0.05, 0) is 49.9 Å². The van der Waals surface area contributed by atoms with Crippen molar-refractivity contribution in [1.82, 2.24) is 4.90 Å². The number of benzene rings is 2. The average Bonchev–Trinajstić information content (AvgIpc) is 2.85. The van der Waals surface area contributed by atoms with E-state index >= 15 is 0 Å². The number of rotatable bonds is 5. The van der Waals surface area contributed by atoms with Gasteiger partial charge >= 0.3 is 6.03 Å². The summed E-state index contributed by atoms with van der Waals surface area (Å²) in [5, 5.41) is 5.99. The number of carbonyl (C=O) groups excluding carboxylic acids is 3. The quantitative estimate of drug-likeness (QED) is 0.651. The first-order valence-electron chi connectivity index (χ1n) is 11.6. The number of anilines is 3. The normalized spacial score (nSPS) is 19.1. The Balaban J connectivity index is 1.37. The van der Waals surface area contributed by atoms with E-state index in [2.05, 4.69) is 15.5 Å². The second kappa shape index (κ2) is 10.4. The lowest BCUT2D eigenvalue weighted by molar-refractivity contribution is -0.122. The maximum Gasteiger partial charge on any atom is 0.321 e. The van der Waals surface area contributed by atoms with Crippen LogP contribution in [0.5, 0.6) is 0 Å². The lowest BCUT2D eigenvalue weighted by Gasteiger charge is -2.34. The van der Waals surface area contributed by atoms with Crippen molar-refractivity contribution in [1.29, 1.82) is 0 Å². The van der Waals surface area contributed by atoms with Crippen molar-refractivity contribution >= 4 is 34.9 Å². The molecular formula is C25H31N5O3. The summed E-state index contributed by atoms with van der Waals surface area (Å²) in [6.45, 7) is 2.46. The van der Waals surface area contributed by atoms with Crippen LogP contribution in [0.15, 0.2) is 54.6 Å². The van der Waals surface area contributed by atoms with E-state index in [0.29, 0.717) is 25.9 Å². The van der Waals surface area contributed by atoms with Gasteiger partial charge in [-0.25, -0.2) is 4.79 Å². The molecule has 2 aliphatic heterocycles. The molecule has 2 aliphatic rings. The maximum atomic E-state index is 13.1. The van der Waals surface area contributed by atoms with Gasteiger partial charge in [0.2, 0.25) is 11.8 Å². The highest BCUT2D eigenvalue weighted by atomic mass is 16.2. The molecule has 0 aromatic heterocycles. The molecule has 4 amide bonds. The van der Waals surface area contributed by atoms with E-state index in [9.17, 15) is 14.4 Å². The Morgan fingerprint density at radius 1 is 0.818 bits per heavy atom. The fourth-order valence-corrected chi connectivity index (χ4v) is 4.59. The summed E-state index contributed by atoms with van der Waals surface area (Å²) in [5.41, 5.74) is 7.90. The second-order valence-electron chi connectivity index (χ2n) is 8.75. The molecule has 0 spiro atoms. The highest BCUT2D eigenvalue weighted by molar-refractivity contribution is 5.97. The molecule has 2 fully saturated rings. The molecule has 0 bridgehead atoms. The number of piperidine rings is 2. The summed E-state index contributed by atoms with van der Waals surface area (Å²) in [5.74, 6) is -0.673. The van der Waals surface area contributed by atoms with Crippen LogP contribution in [0, 0.1) is 11.8 Å². The average molecular weight is 450 g/mol. The first-order chi connectivity index (χ1) is 16.0. The van der Waals surface area contributed by atoms with Gasteiger partial charge in [0.05, 0.1) is 17.3 Å². The predicted octanol–water partition coefficient (Wildman–Crippen LogP) is 3.27. The highest BCUT2D eigenvalue weighted by Crippen LogP contribution is 2.30. The number of likely N-dealkylation sites (tertiary alicyclic amines) is 1. The molecule has 0 radical (unpaired) electrons. The smallest absolute Gasteiger partial charge is 0.321 e. The molecule has 1 unspecified atom stereocenters. The van der Waals surface area contributed by atoms with Gasteiger partial charge in [0.1, 0.15) is 0 Å². The molecule has 4 N–H and O–H groups in total. The molecular weight excluding hydrogens is 418 g/mol. The molecule has 2 aromatic carbocycles. The van der Waals surface area contributed by atoms with E-state index in [0.717, 1.165) is 43.0 Å². The summed E-state index contributed by atoms with van der Waals surface area (Å²) in [7, 11) is 0. The standard InChI is InChI=1S/C25H31N5O3/c26-23(31)18-12-15-29(16-13-18)22-11-5-4-10-21(22)28-24(32)19-7-6-14-30(17-19)25(33)27-20-8-2-1-3-9-20/h1-5,8-11,18-19H,6-7,12-17H2,(H2,26,31)(H,27,33)(H,28,32). The van der Waals surface area contributed by atoms with Gasteiger partial charge in [-0.2, -0.15) is 0 Å². The minimum absolute atomic E-state index is 0.0771. The van der Waals surface area contributed by atoms with Gasteiger partial charge in [0, 0.05) is 37.8 Å². The SMILES string of the molecule is NC(=O)C1CCN(c2ccccc2NC(=O)C2CCCN(C(=O)Nc3ccccc3)C2)CC1. The van der Waals surface area contributed by atoms with E-state index in [1.54, 1.807) is 4.90 Å². The van der Waals surface area contributed by atoms with Crippen LogP contribution in [-0.2, 0) is 9.59 Å². The minimum atomic E-state index is -0.270. The Morgan fingerprint density at radius 2 is 1.52 bits per heavy atom. The van der Waals surface area contributed by atoms with Crippen molar-refractivity contribution in [2.45, 2.75) is 25.7 Å². The number of carbonyl (C=O) groups is 3. The van der Waals surface area contributed by atoms with Gasteiger partial charge < -0.3 is 26.2 Å². The number of amides is 4. The fraction of sp³-hybridized carbons (Fsp3) is 0.400. The van der Waals surface area contributed by atoms with Crippen LogP contribution < -0.4 is 21.3 Å². The molecule has 8 nitrogen and oxygen atoms in total. The summed E-state index contributed by atoms with van der Waals surface area (Å²) < 4.78 is 0. The van der Waals surface area contributed by atoms with E-state index in [1.165, 1.54) is 0 Å². The van der Waals surface area contributed by atoms with Gasteiger partial charge in [0.15, 0.2) is 0 Å². The maximum absolute atomic E-state index is 13.1. The molecule has 2 saturated heterocycles. The number of para-hydroxylation sites is 3. The number of nitrogens with two attached hydrogens (primary N) is 1. The van der Waals surface area contributed by atoms with Crippen LogP contribution in [0.4, 0.5) is 21.9 Å². The molecule has 174 valence electrons. The first-order valence-corrected chi connectivity index (χ1v) is 11.6. The van der Waals surface area contributed by atoms with Crippen molar-refractivity contribution in [2.75, 3.05) is 41.7 Å². The Labute approximate surface area is 194 Å². The summed E-state index contributed by atoms with van der Waals surface area (Å²) >= 11 is 0. The Bertz CT molecular complexity index is 989. The Morgan fingerprint density at radius 3 is 2.24 bits per heavy atom. The number of nitrogens with one attached hydrogen (secondary N) is 2. The van der Waals surface area contributed by atoms with Crippen molar-refractivity contribution in [3.05, 3.63) is 54.6 Å². The van der Waals surface area contributed by atoms with Gasteiger partial charge in [-0.3, -0.25) is 9.59 Å². The molecule has 2 aromatic rings. The van der Waals surface area contributed by atoms with Crippen LogP contribution in [0.2, 0.25) is 0 Å². The second-order valence-corrected chi connectivity index (χ2v) is 8.75. The summed E-state index contributed by atoms with van der Waals surface area (Å²) in [4.78, 5) is 41.2. The number of hydrogen-bond donors (Lipinski definition) is 3. The summed E-state index contributed by atoms with van der Waals surface area (Å²) in [6.07, 6.45) is 2.95. The van der Waals surface area contributed by atoms with Crippen molar-refractivity contribution in [3.63, 3.8) is 0 Å². The number of nitrogens with zero attached hydrogens (tertiary/aromatic N) is 2. The lowest BCUT2D eigenvalue weighted by Crippen LogP contribution is -2.45. The third-order valence-electron chi connectivity index (χ3n) is 6.50. The highest BCUT2D eigenvalue weighted by Gasteiger charge is 2.30. The zero-order valence-corrected chi connectivity index (χ0v) is 18.7. The van der Waals surface area contributed by atoms with E-state index in [1.807, 2.05) is 54.6 Å². The predicted molar refractivity (Wildman–Crippen MR) is 129 cm³/mol. The fourth-order valence-electron chi connectivity index (χ4n) is 4.59. The third-order valence-corrected chi connectivity index (χ3v) is 6.50. The van der Waals surface area contributed by atoms with Crippen LogP contribution in [0.25, 0.3) is 0 Å². The van der Waals surface area contributed by atoms with Crippen molar-refractivity contribution < 1.29 is 14.4 Å². The minimum Gasteiger partial charge on any atom is -0.370 e. The van der Waals surface area contributed by atoms with Crippen molar-refractivity contribution in [2.24, 2.45) is 17.6 Å². The van der Waals surface area contributed by atoms with Gasteiger partial charge in [-0.1, -0.05) is 30.3 Å². The summed E-state index contributed by atoms with van der Waals surface area (Å²) in [6, 6.07) is 16.9. The van der Waals surface area contributed by atoms with Crippen LogP contribution in [0.3, 0.4) is 0 Å². The molecule has 33 heavy (non-hydrogen) atoms. The Kier molecular flexibility index (Phi) is 7.12. The molecule has 2 heterocycles. The monoisotopic (exact) mass is 449 g/mol. The van der Waals surface area contributed by atoms with Crippen LogP contribution in [-0.4, -0.2) is 48.9 Å². The van der Waals surface area contributed by atoms with Crippen molar-refractivity contribution in [3.8, 4) is 0 Å². The largest absolute Gasteiger partial charge is 0.370 e. The molecule has 4 rings (SSSR count). The topological polar surface area (TPSA) is 108 Å².